The van der Waals surface area contributed by atoms with Crippen LogP contribution in [-0.4, -0.2) is 27.2 Å². The first-order chi connectivity index (χ1) is 9.19. The van der Waals surface area contributed by atoms with Crippen LogP contribution in [0.4, 0.5) is 5.82 Å². The van der Waals surface area contributed by atoms with E-state index in [0.717, 1.165) is 6.42 Å². The number of anilines is 1. The van der Waals surface area contributed by atoms with Crippen LogP contribution in [0.3, 0.4) is 0 Å². The third-order valence-electron chi connectivity index (χ3n) is 3.25. The molecule has 0 radical (unpaired) electrons. The van der Waals surface area contributed by atoms with E-state index in [1.807, 2.05) is 0 Å². The first kappa shape index (κ1) is 12.0. The fourth-order valence-corrected chi connectivity index (χ4v) is 1.97. The van der Waals surface area contributed by atoms with Crippen molar-refractivity contribution in [2.75, 3.05) is 12.8 Å². The summed E-state index contributed by atoms with van der Waals surface area (Å²) in [6.07, 6.45) is 2.70. The van der Waals surface area contributed by atoms with Crippen LogP contribution >= 0.6 is 0 Å². The topological polar surface area (TPSA) is 100.0 Å². The molecular weight excluding hydrogens is 246 g/mol. The molecule has 2 atom stereocenters. The summed E-state index contributed by atoms with van der Waals surface area (Å²) >= 11 is 0. The van der Waals surface area contributed by atoms with E-state index in [2.05, 4.69) is 27.0 Å². The lowest BCUT2D eigenvalue weighted by atomic mass is 10.3. The molecule has 2 aromatic rings. The Morgan fingerprint density at radius 1 is 1.47 bits per heavy atom. The molecule has 0 aromatic carbocycles. The van der Waals surface area contributed by atoms with Gasteiger partial charge in [0.05, 0.1) is 5.56 Å². The molecule has 7 heteroatoms. The fraction of sp³-hybridized carbons (Fsp3) is 0.500. The molecule has 1 aliphatic carbocycles. The normalized spacial score (nSPS) is 21.6. The highest BCUT2D eigenvalue weighted by Gasteiger charge is 2.39. The molecule has 1 fully saturated rings. The van der Waals surface area contributed by atoms with Gasteiger partial charge in [0.25, 0.3) is 0 Å². The molecule has 19 heavy (non-hydrogen) atoms. The summed E-state index contributed by atoms with van der Waals surface area (Å²) in [5.74, 6) is 2.97. The lowest BCUT2D eigenvalue weighted by molar-refractivity contribution is 0.178. The number of methoxy groups -OCH3 is 1. The second-order valence-electron chi connectivity index (χ2n) is 4.79. The van der Waals surface area contributed by atoms with Gasteiger partial charge in [-0.15, -0.1) is 0 Å². The second-order valence-corrected chi connectivity index (χ2v) is 4.79. The van der Waals surface area contributed by atoms with Gasteiger partial charge in [0, 0.05) is 19.2 Å². The average molecular weight is 261 g/mol. The lowest BCUT2D eigenvalue weighted by Crippen LogP contribution is -2.03. The van der Waals surface area contributed by atoms with Crippen LogP contribution in [0.15, 0.2) is 10.7 Å². The molecule has 100 valence electrons. The Morgan fingerprint density at radius 2 is 2.26 bits per heavy atom. The Bertz CT molecular complexity index is 598. The molecule has 0 spiro atoms. The highest BCUT2D eigenvalue weighted by molar-refractivity contribution is 5.66. The van der Waals surface area contributed by atoms with Crippen LogP contribution < -0.4 is 5.73 Å². The first-order valence-corrected chi connectivity index (χ1v) is 6.13. The summed E-state index contributed by atoms with van der Waals surface area (Å²) in [5.41, 5.74) is 6.47. The van der Waals surface area contributed by atoms with Gasteiger partial charge >= 0.3 is 0 Å². The number of nitrogen functional groups attached to an aromatic ring is 1. The van der Waals surface area contributed by atoms with E-state index in [-0.39, 0.29) is 0 Å². The Kier molecular flexibility index (Phi) is 2.90. The number of nitrogens with two attached hydrogens (primary N) is 1. The summed E-state index contributed by atoms with van der Waals surface area (Å²) in [6, 6.07) is 0. The number of ether oxygens (including phenoxy) is 1. The van der Waals surface area contributed by atoms with Gasteiger partial charge in [0.15, 0.2) is 5.82 Å². The highest BCUT2D eigenvalue weighted by Crippen LogP contribution is 2.46. The van der Waals surface area contributed by atoms with Gasteiger partial charge in [-0.05, 0) is 12.3 Å². The van der Waals surface area contributed by atoms with Crippen molar-refractivity contribution in [2.45, 2.75) is 25.9 Å². The standard InChI is InChI=1S/C12H15N5O2/c1-6-3-7(6)12-16-11(17-19-12)8-4-14-9(5-18-2)15-10(8)13/h4,6-7H,3,5H2,1-2H3,(H2,13,14,15)/t6-,7+/m0/s1. The smallest absolute Gasteiger partial charge is 0.230 e. The zero-order chi connectivity index (χ0) is 13.4. The zero-order valence-electron chi connectivity index (χ0n) is 10.8. The monoisotopic (exact) mass is 261 g/mol. The lowest BCUT2D eigenvalue weighted by Gasteiger charge is -2.02. The minimum atomic E-state index is 0.321. The van der Waals surface area contributed by atoms with Gasteiger partial charge < -0.3 is 15.0 Å². The summed E-state index contributed by atoms with van der Waals surface area (Å²) in [7, 11) is 1.58. The maximum absolute atomic E-state index is 5.88. The largest absolute Gasteiger partial charge is 0.383 e. The number of rotatable bonds is 4. The number of nitrogens with zero attached hydrogens (tertiary/aromatic N) is 4. The van der Waals surface area contributed by atoms with Gasteiger partial charge in [-0.2, -0.15) is 4.98 Å². The Labute approximate surface area is 110 Å². The molecule has 0 amide bonds. The predicted octanol–water partition coefficient (Wildman–Crippen LogP) is 1.38. The maximum atomic E-state index is 5.88. The summed E-state index contributed by atoms with van der Waals surface area (Å²) in [6.45, 7) is 2.48. The molecule has 1 aliphatic rings. The quantitative estimate of drug-likeness (QED) is 0.887. The maximum Gasteiger partial charge on any atom is 0.230 e. The van der Waals surface area contributed by atoms with E-state index in [1.54, 1.807) is 13.3 Å². The molecule has 7 nitrogen and oxygen atoms in total. The van der Waals surface area contributed by atoms with E-state index in [4.69, 9.17) is 15.0 Å². The summed E-state index contributed by atoms with van der Waals surface area (Å²) < 4.78 is 10.2. The molecule has 0 bridgehead atoms. The van der Waals surface area contributed by atoms with Crippen molar-refractivity contribution in [1.29, 1.82) is 0 Å². The molecule has 2 aromatic heterocycles. The Hall–Kier alpha value is -2.02. The van der Waals surface area contributed by atoms with E-state index in [0.29, 0.717) is 47.4 Å². The molecular formula is C12H15N5O2. The van der Waals surface area contributed by atoms with Crippen molar-refractivity contribution in [3.05, 3.63) is 17.9 Å². The zero-order valence-corrected chi connectivity index (χ0v) is 10.8. The minimum absolute atomic E-state index is 0.321. The third-order valence-corrected chi connectivity index (χ3v) is 3.25. The van der Waals surface area contributed by atoms with Crippen LogP contribution in [0.1, 0.15) is 31.0 Å². The molecule has 0 aliphatic heterocycles. The van der Waals surface area contributed by atoms with Crippen molar-refractivity contribution >= 4 is 5.82 Å². The van der Waals surface area contributed by atoms with E-state index >= 15 is 0 Å². The van der Waals surface area contributed by atoms with Crippen LogP contribution in [-0.2, 0) is 11.3 Å². The van der Waals surface area contributed by atoms with Crippen LogP contribution in [0.5, 0.6) is 0 Å². The van der Waals surface area contributed by atoms with Crippen molar-refractivity contribution in [2.24, 2.45) is 5.92 Å². The van der Waals surface area contributed by atoms with Gasteiger partial charge in [0.2, 0.25) is 11.7 Å². The summed E-state index contributed by atoms with van der Waals surface area (Å²) in [4.78, 5) is 12.7. The predicted molar refractivity (Wildman–Crippen MR) is 67.0 cm³/mol. The minimum Gasteiger partial charge on any atom is -0.383 e. The Morgan fingerprint density at radius 3 is 2.89 bits per heavy atom. The number of hydrogen-bond donors (Lipinski definition) is 1. The number of hydrogen-bond acceptors (Lipinski definition) is 7. The molecule has 0 unspecified atom stereocenters. The molecule has 2 heterocycles. The van der Waals surface area contributed by atoms with Gasteiger partial charge in [-0.25, -0.2) is 9.97 Å². The fourth-order valence-electron chi connectivity index (χ4n) is 1.97. The first-order valence-electron chi connectivity index (χ1n) is 6.13. The summed E-state index contributed by atoms with van der Waals surface area (Å²) in [5, 5.41) is 3.94. The SMILES string of the molecule is COCc1ncc(-c2noc([C@@H]3C[C@@H]3C)n2)c(N)n1. The molecule has 1 saturated carbocycles. The highest BCUT2D eigenvalue weighted by atomic mass is 16.5. The van der Waals surface area contributed by atoms with Crippen LogP contribution in [0.2, 0.25) is 0 Å². The average Bonchev–Trinajstić information content (AvgIpc) is 2.92. The van der Waals surface area contributed by atoms with Crippen LogP contribution in [0.25, 0.3) is 11.4 Å². The van der Waals surface area contributed by atoms with Crippen molar-refractivity contribution in [3.63, 3.8) is 0 Å². The molecule has 2 N–H and O–H groups in total. The second kappa shape index (κ2) is 4.58. The molecule has 3 rings (SSSR count). The van der Waals surface area contributed by atoms with Crippen molar-refractivity contribution in [3.8, 4) is 11.4 Å². The van der Waals surface area contributed by atoms with Gasteiger partial charge in [-0.3, -0.25) is 0 Å². The third kappa shape index (κ3) is 2.28. The Balaban J connectivity index is 1.87. The van der Waals surface area contributed by atoms with E-state index in [9.17, 15) is 0 Å². The van der Waals surface area contributed by atoms with Crippen molar-refractivity contribution < 1.29 is 9.26 Å². The van der Waals surface area contributed by atoms with Crippen molar-refractivity contribution in [1.82, 2.24) is 20.1 Å². The van der Waals surface area contributed by atoms with E-state index in [1.165, 1.54) is 0 Å². The van der Waals surface area contributed by atoms with E-state index < -0.39 is 0 Å². The van der Waals surface area contributed by atoms with Crippen LogP contribution in [0, 0.1) is 5.92 Å². The van der Waals surface area contributed by atoms with Gasteiger partial charge in [0.1, 0.15) is 12.4 Å². The number of aromatic nitrogens is 4. The van der Waals surface area contributed by atoms with Gasteiger partial charge in [-0.1, -0.05) is 12.1 Å². The molecule has 0 saturated heterocycles.